The molecule has 10 heteroatoms. The lowest BCUT2D eigenvalue weighted by molar-refractivity contribution is 0.0484. The van der Waals surface area contributed by atoms with Crippen molar-refractivity contribution in [2.45, 2.75) is 50.0 Å². The van der Waals surface area contributed by atoms with Gasteiger partial charge in [-0.25, -0.2) is 17.6 Å². The van der Waals surface area contributed by atoms with Crippen molar-refractivity contribution < 1.29 is 32.2 Å². The Morgan fingerprint density at radius 1 is 1.23 bits per heavy atom. The molecule has 35 heavy (non-hydrogen) atoms. The summed E-state index contributed by atoms with van der Waals surface area (Å²) in [5, 5.41) is 9.94. The second kappa shape index (κ2) is 10.5. The van der Waals surface area contributed by atoms with Crippen LogP contribution < -0.4 is 9.46 Å². The Balaban J connectivity index is 1.64. The third-order valence-electron chi connectivity index (χ3n) is 6.77. The molecule has 2 atom stereocenters. The Morgan fingerprint density at radius 2 is 2.00 bits per heavy atom. The number of nitrogens with zero attached hydrogens (tertiary/aromatic N) is 1. The van der Waals surface area contributed by atoms with Crippen molar-refractivity contribution in [1.29, 1.82) is 0 Å². The zero-order valence-electron chi connectivity index (χ0n) is 19.9. The number of sulfonamides is 1. The highest BCUT2D eigenvalue weighted by Crippen LogP contribution is 2.44. The smallest absolute Gasteiger partial charge is 0.341 e. The molecule has 0 aromatic heterocycles. The number of halogens is 1. The van der Waals surface area contributed by atoms with Gasteiger partial charge >= 0.3 is 5.97 Å². The standard InChI is InChI=1S/C25H31FN2O6S/c1-3-28(4-2)12-5-6-16-14-17(26)7-10-22(16)35(31,32)27-20-9-8-19-18-11-13-33-21(18)15-34-24(19)23(20)25(29)30/h7-10,14,18,21,27H,3-6,11-13,15H2,1-2H3,(H,29,30)/t18-,21+/m1/s1. The molecule has 8 nitrogen and oxygen atoms in total. The van der Waals surface area contributed by atoms with E-state index in [0.29, 0.717) is 30.6 Å². The number of hydrogen-bond donors (Lipinski definition) is 2. The van der Waals surface area contributed by atoms with Gasteiger partial charge in [-0.2, -0.15) is 0 Å². The number of hydrogen-bond acceptors (Lipinski definition) is 6. The van der Waals surface area contributed by atoms with Crippen LogP contribution in [0.5, 0.6) is 5.75 Å². The predicted octanol–water partition coefficient (Wildman–Crippen LogP) is 3.86. The number of benzene rings is 2. The van der Waals surface area contributed by atoms with Gasteiger partial charge in [-0.3, -0.25) is 4.72 Å². The van der Waals surface area contributed by atoms with Gasteiger partial charge in [0.2, 0.25) is 0 Å². The third-order valence-corrected chi connectivity index (χ3v) is 8.24. The van der Waals surface area contributed by atoms with E-state index in [1.165, 1.54) is 18.2 Å². The Bertz CT molecular complexity index is 1200. The molecule has 190 valence electrons. The van der Waals surface area contributed by atoms with Crippen LogP contribution in [-0.4, -0.2) is 63.3 Å². The lowest BCUT2D eigenvalue weighted by Gasteiger charge is -2.29. The number of aromatic carboxylic acids is 1. The Morgan fingerprint density at radius 3 is 2.71 bits per heavy atom. The van der Waals surface area contributed by atoms with E-state index in [-0.39, 0.29) is 40.5 Å². The predicted molar refractivity (Wildman–Crippen MR) is 129 cm³/mol. The summed E-state index contributed by atoms with van der Waals surface area (Å²) in [6.07, 6.45) is 1.64. The number of carboxylic acid groups (broad SMARTS) is 1. The first-order chi connectivity index (χ1) is 16.7. The minimum atomic E-state index is -4.20. The Kier molecular flexibility index (Phi) is 7.63. The molecule has 0 unspecified atom stereocenters. The highest BCUT2D eigenvalue weighted by Gasteiger charge is 2.39. The molecule has 0 bridgehead atoms. The van der Waals surface area contributed by atoms with Crippen molar-refractivity contribution >= 4 is 21.7 Å². The van der Waals surface area contributed by atoms with Gasteiger partial charge in [-0.15, -0.1) is 0 Å². The minimum absolute atomic E-state index is 0.0111. The summed E-state index contributed by atoms with van der Waals surface area (Å²) in [5.74, 6) is -1.64. The van der Waals surface area contributed by atoms with Gasteiger partial charge in [0.25, 0.3) is 10.0 Å². The molecule has 2 aliphatic rings. The topological polar surface area (TPSA) is 105 Å². The summed E-state index contributed by atoms with van der Waals surface area (Å²) in [6, 6.07) is 6.69. The maximum absolute atomic E-state index is 14.0. The maximum atomic E-state index is 14.0. The Hall–Kier alpha value is -2.69. The number of nitrogens with one attached hydrogen (secondary N) is 1. The molecular formula is C25H31FN2O6S. The van der Waals surface area contributed by atoms with Gasteiger partial charge in [0, 0.05) is 18.1 Å². The van der Waals surface area contributed by atoms with Gasteiger partial charge < -0.3 is 19.5 Å². The molecule has 2 heterocycles. The first-order valence-electron chi connectivity index (χ1n) is 11.9. The first kappa shape index (κ1) is 25.4. The number of fused-ring (bicyclic) bond motifs is 3. The van der Waals surface area contributed by atoms with E-state index >= 15 is 0 Å². The molecule has 2 aromatic carbocycles. The third kappa shape index (κ3) is 5.29. The molecule has 2 aromatic rings. The lowest BCUT2D eigenvalue weighted by Crippen LogP contribution is -2.29. The maximum Gasteiger partial charge on any atom is 0.341 e. The number of rotatable bonds is 10. The largest absolute Gasteiger partial charge is 0.490 e. The van der Waals surface area contributed by atoms with E-state index in [2.05, 4.69) is 9.62 Å². The van der Waals surface area contributed by atoms with Gasteiger partial charge in [-0.05, 0) is 68.7 Å². The Labute approximate surface area is 205 Å². The van der Waals surface area contributed by atoms with Gasteiger partial charge in [0.1, 0.15) is 23.7 Å². The minimum Gasteiger partial charge on any atom is -0.490 e. The number of aryl methyl sites for hydroxylation is 1. The van der Waals surface area contributed by atoms with Crippen LogP contribution in [0.4, 0.5) is 10.1 Å². The van der Waals surface area contributed by atoms with Crippen molar-refractivity contribution in [3.63, 3.8) is 0 Å². The van der Waals surface area contributed by atoms with Crippen molar-refractivity contribution in [1.82, 2.24) is 4.90 Å². The molecule has 0 aliphatic carbocycles. The summed E-state index contributed by atoms with van der Waals surface area (Å²) < 4.78 is 54.6. The summed E-state index contributed by atoms with van der Waals surface area (Å²) in [6.45, 7) is 7.38. The van der Waals surface area contributed by atoms with Crippen LogP contribution in [-0.2, 0) is 21.2 Å². The van der Waals surface area contributed by atoms with E-state index in [0.717, 1.165) is 32.1 Å². The van der Waals surface area contributed by atoms with Crippen LogP contribution in [0.3, 0.4) is 0 Å². The van der Waals surface area contributed by atoms with E-state index in [4.69, 9.17) is 9.47 Å². The molecule has 4 rings (SSSR count). The van der Waals surface area contributed by atoms with Crippen LogP contribution in [0.2, 0.25) is 0 Å². The highest BCUT2D eigenvalue weighted by atomic mass is 32.2. The van der Waals surface area contributed by atoms with Crippen LogP contribution in [0.15, 0.2) is 35.2 Å². The second-order valence-electron chi connectivity index (χ2n) is 8.82. The molecule has 1 saturated heterocycles. The number of carbonyl (C=O) groups is 1. The summed E-state index contributed by atoms with van der Waals surface area (Å²) >= 11 is 0. The van der Waals surface area contributed by atoms with Crippen LogP contribution >= 0.6 is 0 Å². The molecular weight excluding hydrogens is 475 g/mol. The van der Waals surface area contributed by atoms with Crippen molar-refractivity contribution in [3.05, 3.63) is 52.8 Å². The van der Waals surface area contributed by atoms with Crippen molar-refractivity contribution in [2.75, 3.05) is 37.6 Å². The SMILES string of the molecule is CCN(CC)CCCc1cc(F)ccc1S(=O)(=O)Nc1ccc2c(c1C(=O)O)OC[C@@H]1OCC[C@H]21. The molecule has 2 aliphatic heterocycles. The molecule has 2 N–H and O–H groups in total. The summed E-state index contributed by atoms with van der Waals surface area (Å²) in [4.78, 5) is 14.3. The first-order valence-corrected chi connectivity index (χ1v) is 13.4. The molecule has 0 radical (unpaired) electrons. The fraction of sp³-hybridized carbons (Fsp3) is 0.480. The summed E-state index contributed by atoms with van der Waals surface area (Å²) in [7, 11) is -4.20. The fourth-order valence-corrected chi connectivity index (χ4v) is 6.24. The van der Waals surface area contributed by atoms with E-state index in [9.17, 15) is 22.7 Å². The monoisotopic (exact) mass is 506 g/mol. The van der Waals surface area contributed by atoms with Gasteiger partial charge in [-0.1, -0.05) is 19.9 Å². The molecule has 0 amide bonds. The zero-order chi connectivity index (χ0) is 25.2. The van der Waals surface area contributed by atoms with E-state index in [1.807, 2.05) is 13.8 Å². The fourth-order valence-electron chi connectivity index (χ4n) is 4.92. The number of anilines is 1. The van der Waals surface area contributed by atoms with Gasteiger partial charge in [0.15, 0.2) is 0 Å². The molecule has 1 fully saturated rings. The second-order valence-corrected chi connectivity index (χ2v) is 10.5. The van der Waals surface area contributed by atoms with E-state index < -0.39 is 21.8 Å². The lowest BCUT2D eigenvalue weighted by atomic mass is 9.88. The van der Waals surface area contributed by atoms with Crippen molar-refractivity contribution in [3.8, 4) is 5.75 Å². The number of carboxylic acids is 1. The summed E-state index contributed by atoms with van der Waals surface area (Å²) in [5.41, 5.74) is 0.730. The quantitative estimate of drug-likeness (QED) is 0.504. The van der Waals surface area contributed by atoms with Crippen LogP contribution in [0.25, 0.3) is 0 Å². The molecule has 0 saturated carbocycles. The van der Waals surface area contributed by atoms with Gasteiger partial charge in [0.05, 0.1) is 16.7 Å². The number of ether oxygens (including phenoxy) is 2. The normalized spacial score (nSPS) is 19.2. The average molecular weight is 507 g/mol. The zero-order valence-corrected chi connectivity index (χ0v) is 20.7. The van der Waals surface area contributed by atoms with Crippen molar-refractivity contribution in [2.24, 2.45) is 0 Å². The average Bonchev–Trinajstić information content (AvgIpc) is 3.30. The van der Waals surface area contributed by atoms with E-state index in [1.54, 1.807) is 6.07 Å². The van der Waals surface area contributed by atoms with Crippen LogP contribution in [0, 0.1) is 5.82 Å². The van der Waals surface area contributed by atoms with Crippen LogP contribution in [0.1, 0.15) is 54.1 Å². The molecule has 0 spiro atoms. The highest BCUT2D eigenvalue weighted by molar-refractivity contribution is 7.92.